The third kappa shape index (κ3) is 4.62. The Bertz CT molecular complexity index is 1610. The number of esters is 1. The highest BCUT2D eigenvalue weighted by atomic mass is 32.1. The topological polar surface area (TPSA) is 149 Å². The number of thiazole rings is 1. The van der Waals surface area contributed by atoms with Gasteiger partial charge in [0.05, 0.1) is 22.2 Å². The van der Waals surface area contributed by atoms with Crippen molar-refractivity contribution in [3.8, 4) is 5.75 Å². The third-order valence-corrected chi connectivity index (χ3v) is 7.68. The largest absolute Gasteiger partial charge is 0.507 e. The standard InChI is InChI=1S/C28H23N3O8S/c1-4-11-38-27(35)25-15(3)29-28(40-25)30-22(16-5-8-19(9-6-16)31(36)37)21(24(33)26(30)34)23(32)17-7-10-20-18(13-17)12-14(2)39-20/h4-10,13-14,22,32H,1,11-12H2,2-3H3/b23-21+. The first-order valence-electron chi connectivity index (χ1n) is 12.2. The Hall–Kier alpha value is -4.84. The number of carbonyl (C=O) groups excluding carboxylic acids is 3. The number of ketones is 1. The molecule has 3 heterocycles. The number of carbonyl (C=O) groups is 3. The van der Waals surface area contributed by atoms with E-state index in [1.807, 2.05) is 6.92 Å². The summed E-state index contributed by atoms with van der Waals surface area (Å²) in [5.74, 6) is -2.34. The van der Waals surface area contributed by atoms with Crippen molar-refractivity contribution in [2.45, 2.75) is 32.4 Å². The predicted molar refractivity (Wildman–Crippen MR) is 145 cm³/mol. The molecular formula is C28H23N3O8S. The lowest BCUT2D eigenvalue weighted by atomic mass is 9.94. The molecule has 1 aromatic heterocycles. The molecule has 12 heteroatoms. The van der Waals surface area contributed by atoms with Gasteiger partial charge in [-0.15, -0.1) is 0 Å². The Morgan fingerprint density at radius 1 is 1.30 bits per heavy atom. The molecule has 0 radical (unpaired) electrons. The van der Waals surface area contributed by atoms with Crippen molar-refractivity contribution in [2.24, 2.45) is 0 Å². The number of hydrogen-bond acceptors (Lipinski definition) is 10. The van der Waals surface area contributed by atoms with Gasteiger partial charge in [-0.2, -0.15) is 0 Å². The highest BCUT2D eigenvalue weighted by Crippen LogP contribution is 2.44. The fraction of sp³-hybridized carbons (Fsp3) is 0.214. The van der Waals surface area contributed by atoms with E-state index < -0.39 is 34.4 Å². The SMILES string of the molecule is C=CCOC(=O)c1sc(N2C(=O)C(=O)/C(=C(/O)c3ccc4c(c3)CC(C)O4)C2c2ccc([N+](=O)[O-])cc2)nc1C. The van der Waals surface area contributed by atoms with Crippen molar-refractivity contribution in [1.82, 2.24) is 4.98 Å². The molecule has 0 aliphatic carbocycles. The van der Waals surface area contributed by atoms with Gasteiger partial charge >= 0.3 is 11.9 Å². The number of benzene rings is 2. The van der Waals surface area contributed by atoms with Crippen LogP contribution in [0.3, 0.4) is 0 Å². The quantitative estimate of drug-likeness (QED) is 0.0827. The Morgan fingerprint density at radius 2 is 2.02 bits per heavy atom. The van der Waals surface area contributed by atoms with Crippen LogP contribution in [-0.4, -0.2) is 45.4 Å². The number of non-ortho nitro benzene ring substituents is 1. The summed E-state index contributed by atoms with van der Waals surface area (Å²) >= 11 is 0.858. The number of aryl methyl sites for hydroxylation is 1. The van der Waals surface area contributed by atoms with Crippen LogP contribution in [0.5, 0.6) is 5.75 Å². The van der Waals surface area contributed by atoms with Crippen molar-refractivity contribution in [3.05, 3.63) is 98.1 Å². The molecule has 11 nitrogen and oxygen atoms in total. The van der Waals surface area contributed by atoms with Crippen molar-refractivity contribution in [3.63, 3.8) is 0 Å². The summed E-state index contributed by atoms with van der Waals surface area (Å²) in [6, 6.07) is 9.12. The van der Waals surface area contributed by atoms with E-state index in [1.165, 1.54) is 30.3 Å². The first kappa shape index (κ1) is 26.8. The zero-order valence-corrected chi connectivity index (χ0v) is 22.3. The lowest BCUT2D eigenvalue weighted by Gasteiger charge is -2.23. The summed E-state index contributed by atoms with van der Waals surface area (Å²) in [5, 5.41) is 22.7. The fourth-order valence-electron chi connectivity index (χ4n) is 4.72. The minimum Gasteiger partial charge on any atom is -0.507 e. The normalized spacial score (nSPS) is 19.3. The number of Topliss-reactive ketones (excluding diaryl/α,β-unsaturated/α-hetero) is 1. The average Bonchev–Trinajstić information content (AvgIpc) is 3.58. The molecule has 2 atom stereocenters. The summed E-state index contributed by atoms with van der Waals surface area (Å²) in [6.45, 7) is 6.97. The summed E-state index contributed by atoms with van der Waals surface area (Å²) in [4.78, 5) is 55.7. The fourth-order valence-corrected chi connectivity index (χ4v) is 5.71. The van der Waals surface area contributed by atoms with Crippen LogP contribution in [0.4, 0.5) is 10.8 Å². The van der Waals surface area contributed by atoms with E-state index >= 15 is 0 Å². The van der Waals surface area contributed by atoms with Crippen LogP contribution in [0.15, 0.2) is 60.7 Å². The highest BCUT2D eigenvalue weighted by molar-refractivity contribution is 7.17. The van der Waals surface area contributed by atoms with Crippen molar-refractivity contribution >= 4 is 45.6 Å². The van der Waals surface area contributed by atoms with Gasteiger partial charge in [-0.1, -0.05) is 24.0 Å². The molecule has 0 bridgehead atoms. The lowest BCUT2D eigenvalue weighted by molar-refractivity contribution is -0.384. The predicted octanol–water partition coefficient (Wildman–Crippen LogP) is 4.65. The maximum atomic E-state index is 13.4. The van der Waals surface area contributed by atoms with Gasteiger partial charge < -0.3 is 14.6 Å². The molecule has 0 saturated carbocycles. The van der Waals surface area contributed by atoms with E-state index in [0.717, 1.165) is 21.8 Å². The van der Waals surface area contributed by atoms with Crippen molar-refractivity contribution in [2.75, 3.05) is 11.5 Å². The number of rotatable bonds is 7. The maximum Gasteiger partial charge on any atom is 0.350 e. The van der Waals surface area contributed by atoms with Crippen LogP contribution in [0, 0.1) is 17.0 Å². The van der Waals surface area contributed by atoms with E-state index in [9.17, 15) is 29.6 Å². The summed E-state index contributed by atoms with van der Waals surface area (Å²) in [7, 11) is 0. The van der Waals surface area contributed by atoms with Crippen LogP contribution in [-0.2, 0) is 20.7 Å². The number of aliphatic hydroxyl groups is 1. The maximum absolute atomic E-state index is 13.4. The van der Waals surface area contributed by atoms with Crippen LogP contribution in [0.1, 0.15) is 45.0 Å². The van der Waals surface area contributed by atoms with Crippen molar-refractivity contribution in [1.29, 1.82) is 0 Å². The Kier molecular flexibility index (Phi) is 6.94. The lowest BCUT2D eigenvalue weighted by Crippen LogP contribution is -2.29. The van der Waals surface area contributed by atoms with Gasteiger partial charge in [0.25, 0.3) is 11.5 Å². The number of nitrogens with zero attached hydrogens (tertiary/aromatic N) is 3. The number of nitro benzene ring substituents is 1. The molecule has 1 saturated heterocycles. The van der Waals surface area contributed by atoms with E-state index in [-0.39, 0.29) is 39.7 Å². The molecule has 2 unspecified atom stereocenters. The Balaban J connectivity index is 1.65. The minimum atomic E-state index is -1.17. The second-order valence-corrected chi connectivity index (χ2v) is 10.2. The average molecular weight is 562 g/mol. The number of fused-ring (bicyclic) bond motifs is 1. The van der Waals surface area contributed by atoms with Gasteiger partial charge in [0.2, 0.25) is 0 Å². The third-order valence-electron chi connectivity index (χ3n) is 6.54. The van der Waals surface area contributed by atoms with Gasteiger partial charge in [0.15, 0.2) is 5.13 Å². The van der Waals surface area contributed by atoms with Crippen LogP contribution < -0.4 is 9.64 Å². The van der Waals surface area contributed by atoms with E-state index in [4.69, 9.17) is 9.47 Å². The molecular weight excluding hydrogens is 538 g/mol. The molecule has 3 aromatic rings. The number of ether oxygens (including phenoxy) is 2. The first-order chi connectivity index (χ1) is 19.1. The van der Waals surface area contributed by atoms with Crippen LogP contribution >= 0.6 is 11.3 Å². The molecule has 40 heavy (non-hydrogen) atoms. The molecule has 2 aliphatic rings. The smallest absolute Gasteiger partial charge is 0.350 e. The number of nitro groups is 1. The number of hydrogen-bond donors (Lipinski definition) is 1. The van der Waals surface area contributed by atoms with Crippen LogP contribution in [0.2, 0.25) is 0 Å². The molecule has 5 rings (SSSR count). The van der Waals surface area contributed by atoms with Crippen LogP contribution in [0.25, 0.3) is 5.76 Å². The van der Waals surface area contributed by atoms with Gasteiger partial charge in [-0.25, -0.2) is 9.78 Å². The monoisotopic (exact) mass is 561 g/mol. The summed E-state index contributed by atoms with van der Waals surface area (Å²) in [5.41, 5.74) is 1.36. The Morgan fingerprint density at radius 3 is 2.70 bits per heavy atom. The zero-order valence-electron chi connectivity index (χ0n) is 21.4. The van der Waals surface area contributed by atoms with Gasteiger partial charge in [-0.05, 0) is 55.3 Å². The number of amides is 1. The van der Waals surface area contributed by atoms with Gasteiger partial charge in [0.1, 0.15) is 29.1 Å². The molecule has 1 fully saturated rings. The first-order valence-corrected chi connectivity index (χ1v) is 13.0. The summed E-state index contributed by atoms with van der Waals surface area (Å²) in [6.07, 6.45) is 1.98. The van der Waals surface area contributed by atoms with Crippen molar-refractivity contribution < 1.29 is 33.9 Å². The van der Waals surface area contributed by atoms with E-state index in [0.29, 0.717) is 23.3 Å². The van der Waals surface area contributed by atoms with E-state index in [1.54, 1.807) is 25.1 Å². The summed E-state index contributed by atoms with van der Waals surface area (Å²) < 4.78 is 10.8. The van der Waals surface area contributed by atoms with E-state index in [2.05, 4.69) is 11.6 Å². The Labute approximate surface area is 232 Å². The van der Waals surface area contributed by atoms with Gasteiger partial charge in [-0.3, -0.25) is 24.6 Å². The molecule has 2 aromatic carbocycles. The highest BCUT2D eigenvalue weighted by Gasteiger charge is 2.48. The molecule has 204 valence electrons. The van der Waals surface area contributed by atoms with Gasteiger partial charge in [0, 0.05) is 24.1 Å². The molecule has 1 amide bonds. The molecule has 0 spiro atoms. The second kappa shape index (κ2) is 10.4. The number of anilines is 1. The second-order valence-electron chi connectivity index (χ2n) is 9.27. The molecule has 2 aliphatic heterocycles. The minimum absolute atomic E-state index is 0.0244. The number of aromatic nitrogens is 1. The molecule has 1 N–H and O–H groups in total. The number of aliphatic hydroxyl groups excluding tert-OH is 1. The zero-order chi connectivity index (χ0) is 28.7.